The Bertz CT molecular complexity index is 791. The van der Waals surface area contributed by atoms with Crippen molar-refractivity contribution < 1.29 is 4.92 Å². The van der Waals surface area contributed by atoms with Crippen molar-refractivity contribution in [3.63, 3.8) is 0 Å². The minimum Gasteiger partial charge on any atom is -0.324 e. The van der Waals surface area contributed by atoms with Crippen molar-refractivity contribution in [2.24, 2.45) is 0 Å². The summed E-state index contributed by atoms with van der Waals surface area (Å²) >= 11 is 0. The predicted molar refractivity (Wildman–Crippen MR) is 81.6 cm³/mol. The standard InChI is InChI=1S/C15H11N5O2/c21-20(22)13-5-3-12(4-6-13)18-15-17-9-7-14(19-15)11-2-1-8-16-10-11/h1-10H,(H,17,18,19). The lowest BCUT2D eigenvalue weighted by Gasteiger charge is -2.06. The van der Waals surface area contributed by atoms with Crippen molar-refractivity contribution in [3.05, 3.63) is 71.2 Å². The molecule has 0 bridgehead atoms. The average Bonchev–Trinajstić information content (AvgIpc) is 2.56. The summed E-state index contributed by atoms with van der Waals surface area (Å²) in [5.41, 5.74) is 2.34. The number of hydrogen-bond acceptors (Lipinski definition) is 6. The molecule has 22 heavy (non-hydrogen) atoms. The maximum Gasteiger partial charge on any atom is 0.269 e. The van der Waals surface area contributed by atoms with Gasteiger partial charge in [0.2, 0.25) is 5.95 Å². The van der Waals surface area contributed by atoms with Gasteiger partial charge in [-0.15, -0.1) is 0 Å². The Hall–Kier alpha value is -3.35. The third-order valence-corrected chi connectivity index (χ3v) is 2.95. The largest absolute Gasteiger partial charge is 0.324 e. The maximum absolute atomic E-state index is 10.6. The van der Waals surface area contributed by atoms with E-state index in [4.69, 9.17) is 0 Å². The molecule has 0 aliphatic rings. The zero-order valence-corrected chi connectivity index (χ0v) is 11.4. The van der Waals surface area contributed by atoms with Crippen LogP contribution in [0.3, 0.4) is 0 Å². The second-order valence-corrected chi connectivity index (χ2v) is 4.44. The molecule has 0 amide bonds. The van der Waals surface area contributed by atoms with Crippen LogP contribution in [-0.2, 0) is 0 Å². The van der Waals surface area contributed by atoms with E-state index in [0.29, 0.717) is 11.6 Å². The van der Waals surface area contributed by atoms with E-state index in [-0.39, 0.29) is 5.69 Å². The number of nitro benzene ring substituents is 1. The highest BCUT2D eigenvalue weighted by molar-refractivity contribution is 5.61. The summed E-state index contributed by atoms with van der Waals surface area (Å²) in [5, 5.41) is 13.6. The molecular weight excluding hydrogens is 282 g/mol. The van der Waals surface area contributed by atoms with Crippen LogP contribution in [0.1, 0.15) is 0 Å². The van der Waals surface area contributed by atoms with Crippen LogP contribution in [0.5, 0.6) is 0 Å². The van der Waals surface area contributed by atoms with E-state index in [9.17, 15) is 10.1 Å². The Morgan fingerprint density at radius 2 is 1.86 bits per heavy atom. The van der Waals surface area contributed by atoms with Crippen molar-refractivity contribution in [2.75, 3.05) is 5.32 Å². The smallest absolute Gasteiger partial charge is 0.269 e. The van der Waals surface area contributed by atoms with Gasteiger partial charge in [0, 0.05) is 42.0 Å². The Kier molecular flexibility index (Phi) is 3.69. The number of rotatable bonds is 4. The van der Waals surface area contributed by atoms with Crippen LogP contribution in [0.15, 0.2) is 61.1 Å². The van der Waals surface area contributed by atoms with Crippen LogP contribution < -0.4 is 5.32 Å². The molecule has 3 rings (SSSR count). The molecule has 3 aromatic rings. The zero-order valence-electron chi connectivity index (χ0n) is 11.4. The monoisotopic (exact) mass is 293 g/mol. The van der Waals surface area contributed by atoms with E-state index < -0.39 is 4.92 Å². The zero-order chi connectivity index (χ0) is 15.4. The summed E-state index contributed by atoms with van der Waals surface area (Å²) in [5.74, 6) is 0.412. The maximum atomic E-state index is 10.6. The van der Waals surface area contributed by atoms with E-state index >= 15 is 0 Å². The van der Waals surface area contributed by atoms with Gasteiger partial charge in [0.05, 0.1) is 10.6 Å². The topological polar surface area (TPSA) is 93.8 Å². The van der Waals surface area contributed by atoms with Crippen LogP contribution >= 0.6 is 0 Å². The van der Waals surface area contributed by atoms with Gasteiger partial charge in [0.25, 0.3) is 5.69 Å². The molecule has 0 atom stereocenters. The van der Waals surface area contributed by atoms with E-state index in [1.54, 1.807) is 36.8 Å². The number of benzene rings is 1. The Morgan fingerprint density at radius 1 is 1.05 bits per heavy atom. The van der Waals surface area contributed by atoms with Gasteiger partial charge in [-0.05, 0) is 30.3 Å². The summed E-state index contributed by atoms with van der Waals surface area (Å²) in [6, 6.07) is 11.6. The van der Waals surface area contributed by atoms with Crippen molar-refractivity contribution in [1.29, 1.82) is 0 Å². The van der Waals surface area contributed by atoms with Crippen molar-refractivity contribution in [1.82, 2.24) is 15.0 Å². The third-order valence-electron chi connectivity index (χ3n) is 2.95. The molecule has 1 aromatic carbocycles. The van der Waals surface area contributed by atoms with Crippen LogP contribution in [0.2, 0.25) is 0 Å². The Labute approximate surface area is 125 Å². The quantitative estimate of drug-likeness (QED) is 0.586. The first-order chi connectivity index (χ1) is 10.7. The average molecular weight is 293 g/mol. The number of pyridine rings is 1. The van der Waals surface area contributed by atoms with Gasteiger partial charge >= 0.3 is 0 Å². The van der Waals surface area contributed by atoms with Crippen LogP contribution in [0, 0.1) is 10.1 Å². The van der Waals surface area contributed by atoms with E-state index in [1.165, 1.54) is 12.1 Å². The third kappa shape index (κ3) is 3.04. The Balaban J connectivity index is 1.82. The second kappa shape index (κ2) is 5.96. The molecule has 0 spiro atoms. The predicted octanol–water partition coefficient (Wildman–Crippen LogP) is 3.19. The molecule has 2 heterocycles. The van der Waals surface area contributed by atoms with Gasteiger partial charge in [-0.25, -0.2) is 9.97 Å². The van der Waals surface area contributed by atoms with Crippen molar-refractivity contribution in [3.8, 4) is 11.3 Å². The van der Waals surface area contributed by atoms with Gasteiger partial charge in [0.1, 0.15) is 0 Å². The van der Waals surface area contributed by atoms with Gasteiger partial charge in [-0.2, -0.15) is 0 Å². The van der Waals surface area contributed by atoms with Crippen LogP contribution in [0.25, 0.3) is 11.3 Å². The number of non-ortho nitro benzene ring substituents is 1. The first-order valence-corrected chi connectivity index (χ1v) is 6.47. The molecule has 7 heteroatoms. The molecule has 1 N–H and O–H groups in total. The summed E-state index contributed by atoms with van der Waals surface area (Å²) in [4.78, 5) is 22.8. The molecule has 0 aliphatic carbocycles. The van der Waals surface area contributed by atoms with Crippen LogP contribution in [-0.4, -0.2) is 19.9 Å². The van der Waals surface area contributed by atoms with Gasteiger partial charge in [-0.3, -0.25) is 15.1 Å². The highest BCUT2D eigenvalue weighted by atomic mass is 16.6. The number of nitrogens with one attached hydrogen (secondary N) is 1. The fourth-order valence-corrected chi connectivity index (χ4v) is 1.89. The number of nitrogens with zero attached hydrogens (tertiary/aromatic N) is 4. The highest BCUT2D eigenvalue weighted by Crippen LogP contribution is 2.20. The van der Waals surface area contributed by atoms with Crippen LogP contribution in [0.4, 0.5) is 17.3 Å². The highest BCUT2D eigenvalue weighted by Gasteiger charge is 2.06. The SMILES string of the molecule is O=[N+]([O-])c1ccc(Nc2nccc(-c3cccnc3)n2)cc1. The minimum absolute atomic E-state index is 0.0376. The minimum atomic E-state index is -0.441. The molecule has 0 fully saturated rings. The van der Waals surface area contributed by atoms with Gasteiger partial charge < -0.3 is 5.32 Å². The molecule has 0 radical (unpaired) electrons. The first-order valence-electron chi connectivity index (χ1n) is 6.47. The summed E-state index contributed by atoms with van der Waals surface area (Å²) in [6.07, 6.45) is 5.06. The number of hydrogen-bond donors (Lipinski definition) is 1. The van der Waals surface area contributed by atoms with E-state index in [2.05, 4.69) is 20.3 Å². The molecule has 2 aromatic heterocycles. The molecule has 108 valence electrons. The molecule has 0 saturated carbocycles. The molecule has 7 nitrogen and oxygen atoms in total. The molecule has 0 aliphatic heterocycles. The van der Waals surface area contributed by atoms with Crippen molar-refractivity contribution in [2.45, 2.75) is 0 Å². The fourth-order valence-electron chi connectivity index (χ4n) is 1.89. The summed E-state index contributed by atoms with van der Waals surface area (Å²) in [6.45, 7) is 0. The number of nitro groups is 1. The molecular formula is C15H11N5O2. The van der Waals surface area contributed by atoms with E-state index in [0.717, 1.165) is 11.3 Å². The molecule has 0 unspecified atom stereocenters. The lowest BCUT2D eigenvalue weighted by atomic mass is 10.2. The lowest BCUT2D eigenvalue weighted by molar-refractivity contribution is -0.384. The summed E-state index contributed by atoms with van der Waals surface area (Å²) in [7, 11) is 0. The van der Waals surface area contributed by atoms with Gasteiger partial charge in [0.15, 0.2) is 0 Å². The first kappa shape index (κ1) is 13.6. The number of anilines is 2. The fraction of sp³-hybridized carbons (Fsp3) is 0. The molecule has 0 saturated heterocycles. The van der Waals surface area contributed by atoms with E-state index in [1.807, 2.05) is 12.1 Å². The van der Waals surface area contributed by atoms with Gasteiger partial charge in [-0.1, -0.05) is 0 Å². The number of aromatic nitrogens is 3. The second-order valence-electron chi connectivity index (χ2n) is 4.44. The normalized spacial score (nSPS) is 10.2. The summed E-state index contributed by atoms with van der Waals surface area (Å²) < 4.78 is 0. The lowest BCUT2D eigenvalue weighted by Crippen LogP contribution is -1.98. The van der Waals surface area contributed by atoms with Crippen molar-refractivity contribution >= 4 is 17.3 Å². The Morgan fingerprint density at radius 3 is 2.55 bits per heavy atom.